The molecule has 3 rings (SSSR count). The number of aromatic amines is 1. The second kappa shape index (κ2) is 9.99. The van der Waals surface area contributed by atoms with E-state index in [9.17, 15) is 26.4 Å². The van der Waals surface area contributed by atoms with Gasteiger partial charge in [0.2, 0.25) is 10.0 Å². The summed E-state index contributed by atoms with van der Waals surface area (Å²) in [7, 11) is -3.82. The molecule has 1 aromatic carbocycles. The average Bonchev–Trinajstić information content (AvgIpc) is 3.30. The highest BCUT2D eigenvalue weighted by molar-refractivity contribution is 7.92. The third kappa shape index (κ3) is 7.71. The van der Waals surface area contributed by atoms with Gasteiger partial charge in [0.25, 0.3) is 0 Å². The molecule has 1 aromatic heterocycles. The Labute approximate surface area is 194 Å². The number of sulfonamides is 1. The van der Waals surface area contributed by atoms with E-state index in [1.54, 1.807) is 6.07 Å². The van der Waals surface area contributed by atoms with E-state index < -0.39 is 28.2 Å². The van der Waals surface area contributed by atoms with Gasteiger partial charge in [-0.3, -0.25) is 9.82 Å². The van der Waals surface area contributed by atoms with Crippen molar-refractivity contribution in [2.24, 2.45) is 0 Å². The number of aromatic nitrogens is 2. The van der Waals surface area contributed by atoms with Gasteiger partial charge in [-0.25, -0.2) is 13.2 Å². The summed E-state index contributed by atoms with van der Waals surface area (Å²) in [5, 5.41) is 12.6. The van der Waals surface area contributed by atoms with Crippen LogP contribution in [0.15, 0.2) is 24.3 Å². The minimum Gasteiger partial charge on any atom is -0.446 e. The van der Waals surface area contributed by atoms with E-state index in [1.165, 1.54) is 6.07 Å². The third-order valence-corrected chi connectivity index (χ3v) is 5.47. The summed E-state index contributed by atoms with van der Waals surface area (Å²) >= 11 is 0. The standard InChI is InChI=1S/C20H26F3N5O5S/c1-11(2)24-19(29)32-14-6-4-12(8-14)16-10-18(27-26-16)25-13-5-7-15(28-34(3,30)31)17(9-13)33-20(21,22)23/h5,7,9-12,14,28H,4,6,8H2,1-3H3,(H,24,29)(H2,25,26,27)/t12-,14+/m0/s1. The number of ether oxygens (including phenoxy) is 2. The van der Waals surface area contributed by atoms with Crippen LogP contribution in [0.4, 0.5) is 35.2 Å². The fourth-order valence-electron chi connectivity index (χ4n) is 3.60. The molecule has 14 heteroatoms. The van der Waals surface area contributed by atoms with Gasteiger partial charge in [0.05, 0.1) is 11.9 Å². The van der Waals surface area contributed by atoms with Crippen LogP contribution in [0.25, 0.3) is 0 Å². The molecular formula is C20H26F3N5O5S. The maximum atomic E-state index is 12.8. The average molecular weight is 506 g/mol. The molecule has 0 spiro atoms. The van der Waals surface area contributed by atoms with Crippen LogP contribution in [0.5, 0.6) is 5.75 Å². The van der Waals surface area contributed by atoms with Crippen LogP contribution in [0.1, 0.15) is 44.7 Å². The van der Waals surface area contributed by atoms with Gasteiger partial charge in [-0.1, -0.05) is 0 Å². The molecule has 1 aliphatic carbocycles. The number of carbonyl (C=O) groups excluding carboxylic acids is 1. The summed E-state index contributed by atoms with van der Waals surface area (Å²) in [6.07, 6.45) is -2.79. The number of amides is 1. The zero-order valence-corrected chi connectivity index (χ0v) is 19.5. The van der Waals surface area contributed by atoms with Crippen molar-refractivity contribution < 1.29 is 35.9 Å². The molecule has 4 N–H and O–H groups in total. The molecular weight excluding hydrogens is 479 g/mol. The molecule has 0 aliphatic heterocycles. The molecule has 1 saturated carbocycles. The third-order valence-electron chi connectivity index (χ3n) is 4.88. The second-order valence-corrected chi connectivity index (χ2v) is 10.1. The molecule has 0 unspecified atom stereocenters. The van der Waals surface area contributed by atoms with Crippen molar-refractivity contribution in [1.29, 1.82) is 0 Å². The largest absolute Gasteiger partial charge is 0.573 e. The van der Waals surface area contributed by atoms with Crippen molar-refractivity contribution in [2.45, 2.75) is 57.5 Å². The highest BCUT2D eigenvalue weighted by Crippen LogP contribution is 2.37. The zero-order chi connectivity index (χ0) is 25.1. The molecule has 34 heavy (non-hydrogen) atoms. The van der Waals surface area contributed by atoms with Crippen molar-refractivity contribution in [1.82, 2.24) is 15.5 Å². The van der Waals surface area contributed by atoms with Crippen LogP contribution in [0.3, 0.4) is 0 Å². The number of carbonyl (C=O) groups is 1. The number of nitrogens with zero attached hydrogens (tertiary/aromatic N) is 1. The van der Waals surface area contributed by atoms with Crippen molar-refractivity contribution >= 4 is 33.3 Å². The van der Waals surface area contributed by atoms with Crippen LogP contribution in [0.2, 0.25) is 0 Å². The molecule has 0 radical (unpaired) electrons. The Hall–Kier alpha value is -3.16. The summed E-state index contributed by atoms with van der Waals surface area (Å²) in [4.78, 5) is 11.8. The predicted octanol–water partition coefficient (Wildman–Crippen LogP) is 4.19. The number of alkyl halides is 3. The fourth-order valence-corrected chi connectivity index (χ4v) is 4.17. The number of H-pyrrole nitrogens is 1. The minimum atomic E-state index is -5.01. The normalized spacial score (nSPS) is 18.6. The lowest BCUT2D eigenvalue weighted by molar-refractivity contribution is -0.274. The van der Waals surface area contributed by atoms with Gasteiger partial charge in [0, 0.05) is 35.5 Å². The van der Waals surface area contributed by atoms with Crippen LogP contribution in [-0.2, 0) is 14.8 Å². The number of hydrogen-bond donors (Lipinski definition) is 4. The first-order chi connectivity index (χ1) is 15.8. The molecule has 0 bridgehead atoms. The molecule has 0 saturated heterocycles. The highest BCUT2D eigenvalue weighted by atomic mass is 32.2. The minimum absolute atomic E-state index is 0.0239. The number of halogens is 3. The first-order valence-electron chi connectivity index (χ1n) is 10.4. The van der Waals surface area contributed by atoms with E-state index in [4.69, 9.17) is 4.74 Å². The lowest BCUT2D eigenvalue weighted by atomic mass is 10.0. The van der Waals surface area contributed by atoms with E-state index in [-0.39, 0.29) is 29.4 Å². The van der Waals surface area contributed by atoms with Crippen molar-refractivity contribution in [3.05, 3.63) is 30.0 Å². The molecule has 10 nitrogen and oxygen atoms in total. The van der Waals surface area contributed by atoms with Gasteiger partial charge in [0.15, 0.2) is 11.6 Å². The number of alkyl carbamates (subject to hydrolysis) is 1. The summed E-state index contributed by atoms with van der Waals surface area (Å²) in [5.41, 5.74) is 0.640. The second-order valence-electron chi connectivity index (χ2n) is 8.30. The van der Waals surface area contributed by atoms with Crippen LogP contribution in [0, 0.1) is 0 Å². The van der Waals surface area contributed by atoms with E-state index >= 15 is 0 Å². The number of hydrogen-bond acceptors (Lipinski definition) is 7. The van der Waals surface area contributed by atoms with Gasteiger partial charge >= 0.3 is 12.5 Å². The lowest BCUT2D eigenvalue weighted by Gasteiger charge is -2.15. The Morgan fingerprint density at radius 3 is 2.62 bits per heavy atom. The summed E-state index contributed by atoms with van der Waals surface area (Å²) in [6.45, 7) is 3.68. The Morgan fingerprint density at radius 2 is 1.97 bits per heavy atom. The van der Waals surface area contributed by atoms with Gasteiger partial charge in [0.1, 0.15) is 6.10 Å². The van der Waals surface area contributed by atoms with Crippen LogP contribution >= 0.6 is 0 Å². The van der Waals surface area contributed by atoms with Crippen LogP contribution in [-0.4, -0.2) is 49.5 Å². The molecule has 2 atom stereocenters. The topological polar surface area (TPSA) is 134 Å². The van der Waals surface area contributed by atoms with E-state index in [0.717, 1.165) is 30.5 Å². The van der Waals surface area contributed by atoms with Gasteiger partial charge in [-0.15, -0.1) is 13.2 Å². The van der Waals surface area contributed by atoms with Gasteiger partial charge in [-0.2, -0.15) is 5.10 Å². The summed E-state index contributed by atoms with van der Waals surface area (Å²) in [5.74, 6) is -0.293. The number of rotatable bonds is 8. The molecule has 188 valence electrons. The zero-order valence-electron chi connectivity index (χ0n) is 18.7. The SMILES string of the molecule is CC(C)NC(=O)O[C@@H]1CC[C@H](c2cc(Nc3ccc(NS(C)(=O)=O)c(OC(F)(F)F)c3)n[nH]2)C1. The first-order valence-corrected chi connectivity index (χ1v) is 12.3. The Bertz CT molecular complexity index is 1120. The number of nitrogens with one attached hydrogen (secondary N) is 4. The lowest BCUT2D eigenvalue weighted by Crippen LogP contribution is -2.33. The number of benzene rings is 1. The molecule has 2 aromatic rings. The Kier molecular flexibility index (Phi) is 7.48. The first kappa shape index (κ1) is 25.5. The van der Waals surface area contributed by atoms with Crippen molar-refractivity contribution in [3.8, 4) is 5.75 Å². The maximum Gasteiger partial charge on any atom is 0.573 e. The van der Waals surface area contributed by atoms with E-state index in [0.29, 0.717) is 18.7 Å². The molecule has 1 amide bonds. The van der Waals surface area contributed by atoms with E-state index in [2.05, 4.69) is 25.6 Å². The van der Waals surface area contributed by atoms with E-state index in [1.807, 2.05) is 18.6 Å². The number of anilines is 3. The quantitative estimate of drug-likeness (QED) is 0.423. The smallest absolute Gasteiger partial charge is 0.446 e. The Balaban J connectivity index is 1.67. The van der Waals surface area contributed by atoms with Gasteiger partial charge < -0.3 is 20.1 Å². The monoisotopic (exact) mass is 505 g/mol. The summed E-state index contributed by atoms with van der Waals surface area (Å²) < 4.78 is 72.6. The predicted molar refractivity (Wildman–Crippen MR) is 119 cm³/mol. The Morgan fingerprint density at radius 1 is 1.24 bits per heavy atom. The highest BCUT2D eigenvalue weighted by Gasteiger charge is 2.33. The van der Waals surface area contributed by atoms with Crippen molar-refractivity contribution in [3.63, 3.8) is 0 Å². The van der Waals surface area contributed by atoms with Crippen LogP contribution < -0.4 is 20.1 Å². The van der Waals surface area contributed by atoms with Gasteiger partial charge in [-0.05, 0) is 45.2 Å². The molecule has 1 aliphatic rings. The van der Waals surface area contributed by atoms with Crippen molar-refractivity contribution in [2.75, 3.05) is 16.3 Å². The maximum absolute atomic E-state index is 12.8. The molecule has 1 heterocycles. The fraction of sp³-hybridized carbons (Fsp3) is 0.500. The molecule has 1 fully saturated rings. The summed E-state index contributed by atoms with van der Waals surface area (Å²) in [6, 6.07) is 5.25.